The molecule has 0 saturated carbocycles. The molecule has 1 fully saturated rings. The first kappa shape index (κ1) is 22.6. The molecule has 0 aliphatic carbocycles. The Kier molecular flexibility index (Phi) is 7.10. The van der Waals surface area contributed by atoms with Crippen molar-refractivity contribution in [2.45, 2.75) is 0 Å². The highest BCUT2D eigenvalue weighted by molar-refractivity contribution is 6.30. The van der Waals surface area contributed by atoms with Gasteiger partial charge in [0.05, 0.1) is 0 Å². The fourth-order valence-electron chi connectivity index (χ4n) is 3.60. The zero-order chi connectivity index (χ0) is 23.2. The van der Waals surface area contributed by atoms with E-state index < -0.39 is 5.82 Å². The number of ether oxygens (including phenoxy) is 1. The van der Waals surface area contributed by atoms with Crippen molar-refractivity contribution in [3.63, 3.8) is 0 Å². The smallest absolute Gasteiger partial charge is 0.262 e. The number of carbonyl (C=O) groups excluding carboxylic acids is 2. The van der Waals surface area contributed by atoms with Crippen molar-refractivity contribution < 1.29 is 18.7 Å². The molecule has 1 N–H and O–H groups in total. The van der Waals surface area contributed by atoms with E-state index in [4.69, 9.17) is 16.3 Å². The SMILES string of the molecule is O=C(COc1ccccc1F)Nc1ccc(N2CCN(C(=O)c3ccc(Cl)cc3)CC2)cc1. The standard InChI is InChI=1S/C25H23ClFN3O3/c26-19-7-5-18(6-8-19)25(32)30-15-13-29(14-16-30)21-11-9-20(10-12-21)28-24(31)17-33-23-4-2-1-3-22(23)27/h1-12H,13-17H2,(H,28,31). The van der Waals surface area contributed by atoms with Crippen LogP contribution >= 0.6 is 11.6 Å². The maximum Gasteiger partial charge on any atom is 0.262 e. The first-order valence-corrected chi connectivity index (χ1v) is 10.9. The van der Waals surface area contributed by atoms with Crippen LogP contribution in [0.2, 0.25) is 5.02 Å². The van der Waals surface area contributed by atoms with Gasteiger partial charge in [-0.1, -0.05) is 23.7 Å². The summed E-state index contributed by atoms with van der Waals surface area (Å²) >= 11 is 5.90. The number of benzene rings is 3. The second-order valence-corrected chi connectivity index (χ2v) is 8.04. The maximum absolute atomic E-state index is 13.6. The van der Waals surface area contributed by atoms with Gasteiger partial charge in [0.2, 0.25) is 0 Å². The van der Waals surface area contributed by atoms with E-state index in [2.05, 4.69) is 10.2 Å². The van der Waals surface area contributed by atoms with Crippen molar-refractivity contribution in [1.82, 2.24) is 4.90 Å². The van der Waals surface area contributed by atoms with Gasteiger partial charge in [0.25, 0.3) is 11.8 Å². The third-order valence-electron chi connectivity index (χ3n) is 5.37. The predicted octanol–water partition coefficient (Wildman–Crippen LogP) is 4.46. The van der Waals surface area contributed by atoms with E-state index in [9.17, 15) is 14.0 Å². The Hall–Kier alpha value is -3.58. The molecule has 3 aromatic carbocycles. The van der Waals surface area contributed by atoms with Gasteiger partial charge in [0, 0.05) is 48.1 Å². The third-order valence-corrected chi connectivity index (χ3v) is 5.62. The molecule has 8 heteroatoms. The molecule has 4 rings (SSSR count). The molecule has 1 aliphatic rings. The topological polar surface area (TPSA) is 61.9 Å². The lowest BCUT2D eigenvalue weighted by Gasteiger charge is -2.36. The summed E-state index contributed by atoms with van der Waals surface area (Å²) in [5, 5.41) is 3.34. The number of piperazine rings is 1. The Morgan fingerprint density at radius 2 is 1.58 bits per heavy atom. The molecule has 170 valence electrons. The highest BCUT2D eigenvalue weighted by Gasteiger charge is 2.22. The number of hydrogen-bond acceptors (Lipinski definition) is 4. The Morgan fingerprint density at radius 3 is 2.24 bits per heavy atom. The average molecular weight is 468 g/mol. The molecule has 0 unspecified atom stereocenters. The summed E-state index contributed by atoms with van der Waals surface area (Å²) in [6.45, 7) is 2.37. The summed E-state index contributed by atoms with van der Waals surface area (Å²) in [7, 11) is 0. The van der Waals surface area contributed by atoms with Crippen LogP contribution in [-0.2, 0) is 4.79 Å². The van der Waals surface area contributed by atoms with Gasteiger partial charge in [-0.15, -0.1) is 0 Å². The Morgan fingerprint density at radius 1 is 0.909 bits per heavy atom. The number of amides is 2. The molecular formula is C25H23ClFN3O3. The largest absolute Gasteiger partial charge is 0.481 e. The Labute approximate surface area is 196 Å². The lowest BCUT2D eigenvalue weighted by atomic mass is 10.1. The van der Waals surface area contributed by atoms with Crippen LogP contribution in [0, 0.1) is 5.82 Å². The van der Waals surface area contributed by atoms with E-state index in [1.54, 1.807) is 36.4 Å². The third kappa shape index (κ3) is 5.81. The molecule has 1 heterocycles. The number of anilines is 2. The van der Waals surface area contributed by atoms with E-state index in [0.717, 1.165) is 5.69 Å². The quantitative estimate of drug-likeness (QED) is 0.581. The van der Waals surface area contributed by atoms with Crippen LogP contribution in [0.15, 0.2) is 72.8 Å². The minimum atomic E-state index is -0.510. The van der Waals surface area contributed by atoms with Gasteiger partial charge in [-0.25, -0.2) is 4.39 Å². The van der Waals surface area contributed by atoms with Gasteiger partial charge in [-0.2, -0.15) is 0 Å². The molecule has 1 saturated heterocycles. The van der Waals surface area contributed by atoms with E-state index in [-0.39, 0.29) is 24.2 Å². The van der Waals surface area contributed by atoms with Crippen molar-refractivity contribution in [1.29, 1.82) is 0 Å². The first-order chi connectivity index (χ1) is 16.0. The highest BCUT2D eigenvalue weighted by Crippen LogP contribution is 2.21. The summed E-state index contributed by atoms with van der Waals surface area (Å²) in [4.78, 5) is 28.8. The summed E-state index contributed by atoms with van der Waals surface area (Å²) in [6.07, 6.45) is 0. The predicted molar refractivity (Wildman–Crippen MR) is 127 cm³/mol. The Bertz CT molecular complexity index is 1110. The molecule has 0 bridgehead atoms. The van der Waals surface area contributed by atoms with Crippen LogP contribution in [0.1, 0.15) is 10.4 Å². The maximum atomic E-state index is 13.6. The molecule has 6 nitrogen and oxygen atoms in total. The lowest BCUT2D eigenvalue weighted by Crippen LogP contribution is -2.48. The number of rotatable bonds is 6. The van der Waals surface area contributed by atoms with Crippen molar-refractivity contribution in [2.75, 3.05) is 43.0 Å². The molecule has 0 radical (unpaired) electrons. The van der Waals surface area contributed by atoms with E-state index in [0.29, 0.717) is 42.5 Å². The number of carbonyl (C=O) groups is 2. The second kappa shape index (κ2) is 10.4. The van der Waals surface area contributed by atoms with Gasteiger partial charge in [0.1, 0.15) is 0 Å². The fraction of sp³-hybridized carbons (Fsp3) is 0.200. The van der Waals surface area contributed by atoms with Gasteiger partial charge >= 0.3 is 0 Å². The zero-order valence-electron chi connectivity index (χ0n) is 17.8. The van der Waals surface area contributed by atoms with Crippen molar-refractivity contribution in [3.05, 3.63) is 89.2 Å². The second-order valence-electron chi connectivity index (χ2n) is 7.60. The van der Waals surface area contributed by atoms with E-state index in [1.807, 2.05) is 29.2 Å². The van der Waals surface area contributed by atoms with Crippen molar-refractivity contribution in [3.8, 4) is 5.75 Å². The summed E-state index contributed by atoms with van der Waals surface area (Å²) in [5.41, 5.74) is 2.26. The normalized spacial score (nSPS) is 13.5. The number of nitrogens with zero attached hydrogens (tertiary/aromatic N) is 2. The number of nitrogens with one attached hydrogen (secondary N) is 1. The highest BCUT2D eigenvalue weighted by atomic mass is 35.5. The van der Waals surface area contributed by atoms with Crippen LogP contribution in [0.4, 0.5) is 15.8 Å². The molecule has 0 spiro atoms. The fourth-order valence-corrected chi connectivity index (χ4v) is 3.73. The van der Waals surface area contributed by atoms with Crippen LogP contribution in [0.3, 0.4) is 0 Å². The van der Waals surface area contributed by atoms with Gasteiger partial charge in [-0.05, 0) is 60.7 Å². The van der Waals surface area contributed by atoms with Gasteiger partial charge in [0.15, 0.2) is 18.2 Å². The van der Waals surface area contributed by atoms with Crippen LogP contribution in [-0.4, -0.2) is 49.5 Å². The first-order valence-electron chi connectivity index (χ1n) is 10.6. The lowest BCUT2D eigenvalue weighted by molar-refractivity contribution is -0.118. The summed E-state index contributed by atoms with van der Waals surface area (Å²) in [5.74, 6) is -0.844. The van der Waals surface area contributed by atoms with Crippen molar-refractivity contribution >= 4 is 34.8 Å². The monoisotopic (exact) mass is 467 g/mol. The molecule has 1 aliphatic heterocycles. The minimum absolute atomic E-state index is 0.00183. The molecular weight excluding hydrogens is 445 g/mol. The minimum Gasteiger partial charge on any atom is -0.481 e. The molecule has 0 atom stereocenters. The van der Waals surface area contributed by atoms with Gasteiger partial charge < -0.3 is 19.9 Å². The van der Waals surface area contributed by atoms with Crippen LogP contribution in [0.5, 0.6) is 5.75 Å². The number of para-hydroxylation sites is 1. The summed E-state index contributed by atoms with van der Waals surface area (Å²) in [6, 6.07) is 20.3. The van der Waals surface area contributed by atoms with Crippen LogP contribution in [0.25, 0.3) is 0 Å². The molecule has 2 amide bonds. The van der Waals surface area contributed by atoms with E-state index in [1.165, 1.54) is 12.1 Å². The molecule has 3 aromatic rings. The van der Waals surface area contributed by atoms with Crippen molar-refractivity contribution in [2.24, 2.45) is 0 Å². The Balaban J connectivity index is 1.26. The van der Waals surface area contributed by atoms with E-state index >= 15 is 0 Å². The summed E-state index contributed by atoms with van der Waals surface area (Å²) < 4.78 is 18.8. The van der Waals surface area contributed by atoms with Crippen LogP contribution < -0.4 is 15.0 Å². The molecule has 0 aromatic heterocycles. The average Bonchev–Trinajstić information content (AvgIpc) is 2.84. The molecule has 33 heavy (non-hydrogen) atoms. The number of halogens is 2. The zero-order valence-corrected chi connectivity index (χ0v) is 18.6. The number of hydrogen-bond donors (Lipinski definition) is 1. The van der Waals surface area contributed by atoms with Gasteiger partial charge in [-0.3, -0.25) is 9.59 Å².